The van der Waals surface area contributed by atoms with Crippen molar-refractivity contribution in [1.82, 2.24) is 15.5 Å². The maximum absolute atomic E-state index is 12.0. The van der Waals surface area contributed by atoms with Gasteiger partial charge in [0.2, 0.25) is 6.79 Å². The van der Waals surface area contributed by atoms with E-state index in [4.69, 9.17) is 14.2 Å². The minimum absolute atomic E-state index is 0.109. The van der Waals surface area contributed by atoms with Gasteiger partial charge in [-0.3, -0.25) is 14.5 Å². The van der Waals surface area contributed by atoms with Crippen LogP contribution in [-0.4, -0.2) is 56.3 Å². The molecule has 2 aliphatic heterocycles. The molecule has 1 fully saturated rings. The summed E-state index contributed by atoms with van der Waals surface area (Å²) < 4.78 is 16.5. The van der Waals surface area contributed by atoms with Crippen molar-refractivity contribution in [2.45, 2.75) is 25.5 Å². The van der Waals surface area contributed by atoms with Crippen LogP contribution in [-0.2, 0) is 20.9 Å². The summed E-state index contributed by atoms with van der Waals surface area (Å²) in [6, 6.07) is 15.7. The van der Waals surface area contributed by atoms with Crippen molar-refractivity contribution in [3.8, 4) is 11.5 Å². The standard InChI is InChI=1S/C24H29N3O5/c28-23(24(29)26-15-18-8-9-20-21(14-18)32-17-31-20)25-10-4-5-11-27-12-13-30-22(16-27)19-6-2-1-3-7-19/h1-3,6-9,14,22H,4-5,10-13,15-17H2,(H,25,28)(H,26,29). The van der Waals surface area contributed by atoms with Gasteiger partial charge in [0.25, 0.3) is 0 Å². The monoisotopic (exact) mass is 439 g/mol. The van der Waals surface area contributed by atoms with Crippen LogP contribution in [0.4, 0.5) is 0 Å². The Kier molecular flexibility index (Phi) is 7.58. The maximum atomic E-state index is 12.0. The molecule has 2 aliphatic rings. The average molecular weight is 440 g/mol. The molecule has 8 heteroatoms. The maximum Gasteiger partial charge on any atom is 0.309 e. The summed E-state index contributed by atoms with van der Waals surface area (Å²) >= 11 is 0. The molecule has 2 amide bonds. The first kappa shape index (κ1) is 22.1. The highest BCUT2D eigenvalue weighted by Crippen LogP contribution is 2.32. The van der Waals surface area contributed by atoms with Crippen molar-refractivity contribution in [1.29, 1.82) is 0 Å². The zero-order valence-electron chi connectivity index (χ0n) is 18.0. The van der Waals surface area contributed by atoms with E-state index in [1.54, 1.807) is 12.1 Å². The molecule has 0 bridgehead atoms. The number of hydrogen-bond acceptors (Lipinski definition) is 6. The Labute approximate surface area is 187 Å². The predicted octanol–water partition coefficient (Wildman–Crippen LogP) is 2.00. The van der Waals surface area contributed by atoms with E-state index in [-0.39, 0.29) is 19.4 Å². The minimum atomic E-state index is -0.637. The smallest absolute Gasteiger partial charge is 0.309 e. The van der Waals surface area contributed by atoms with Gasteiger partial charge < -0.3 is 24.8 Å². The number of nitrogens with one attached hydrogen (secondary N) is 2. The van der Waals surface area contributed by atoms with Gasteiger partial charge in [-0.2, -0.15) is 0 Å². The van der Waals surface area contributed by atoms with E-state index in [2.05, 4.69) is 27.7 Å². The number of carbonyl (C=O) groups excluding carboxylic acids is 2. The Balaban J connectivity index is 1.10. The molecule has 2 aromatic carbocycles. The third-order valence-electron chi connectivity index (χ3n) is 5.60. The highest BCUT2D eigenvalue weighted by atomic mass is 16.7. The SMILES string of the molecule is O=C(NCCCCN1CCOC(c2ccccc2)C1)C(=O)NCc1ccc2c(c1)OCO2. The Morgan fingerprint density at radius 2 is 1.78 bits per heavy atom. The normalized spacial score (nSPS) is 17.7. The fourth-order valence-electron chi connectivity index (χ4n) is 3.83. The van der Waals surface area contributed by atoms with Crippen LogP contribution in [0.1, 0.15) is 30.1 Å². The number of hydrogen-bond donors (Lipinski definition) is 2. The summed E-state index contributed by atoms with van der Waals surface area (Å²) in [5, 5.41) is 5.33. The Hall–Kier alpha value is -3.10. The second kappa shape index (κ2) is 11.0. The first-order valence-corrected chi connectivity index (χ1v) is 11.0. The van der Waals surface area contributed by atoms with Crippen LogP contribution < -0.4 is 20.1 Å². The number of ether oxygens (including phenoxy) is 3. The molecule has 8 nitrogen and oxygen atoms in total. The highest BCUT2D eigenvalue weighted by Gasteiger charge is 2.21. The number of fused-ring (bicyclic) bond motifs is 1. The van der Waals surface area contributed by atoms with Gasteiger partial charge in [-0.05, 0) is 42.6 Å². The third kappa shape index (κ3) is 5.99. The van der Waals surface area contributed by atoms with Crippen LogP contribution in [0.5, 0.6) is 11.5 Å². The van der Waals surface area contributed by atoms with E-state index >= 15 is 0 Å². The van der Waals surface area contributed by atoms with E-state index in [0.29, 0.717) is 18.0 Å². The third-order valence-corrected chi connectivity index (χ3v) is 5.60. The predicted molar refractivity (Wildman–Crippen MR) is 118 cm³/mol. The van der Waals surface area contributed by atoms with Crippen molar-refractivity contribution >= 4 is 11.8 Å². The molecule has 0 saturated carbocycles. The fourth-order valence-corrected chi connectivity index (χ4v) is 3.83. The lowest BCUT2D eigenvalue weighted by atomic mass is 10.1. The van der Waals surface area contributed by atoms with Gasteiger partial charge in [0.15, 0.2) is 11.5 Å². The highest BCUT2D eigenvalue weighted by molar-refractivity contribution is 6.35. The zero-order chi connectivity index (χ0) is 22.2. The van der Waals surface area contributed by atoms with Crippen LogP contribution in [0.25, 0.3) is 0 Å². The quantitative estimate of drug-likeness (QED) is 0.483. The van der Waals surface area contributed by atoms with Crippen LogP contribution in [0.2, 0.25) is 0 Å². The van der Waals surface area contributed by atoms with Crippen molar-refractivity contribution < 1.29 is 23.8 Å². The molecule has 1 saturated heterocycles. The van der Waals surface area contributed by atoms with Crippen LogP contribution in [0, 0.1) is 0 Å². The van der Waals surface area contributed by atoms with Gasteiger partial charge >= 0.3 is 11.8 Å². The lowest BCUT2D eigenvalue weighted by Gasteiger charge is -2.33. The number of amides is 2. The summed E-state index contributed by atoms with van der Waals surface area (Å²) in [6.45, 7) is 4.38. The topological polar surface area (TPSA) is 89.1 Å². The molecule has 4 rings (SSSR count). The Morgan fingerprint density at radius 3 is 2.66 bits per heavy atom. The van der Waals surface area contributed by atoms with Crippen molar-refractivity contribution in [3.63, 3.8) is 0 Å². The van der Waals surface area contributed by atoms with E-state index in [0.717, 1.165) is 44.6 Å². The van der Waals surface area contributed by atoms with Crippen molar-refractivity contribution in [3.05, 3.63) is 59.7 Å². The van der Waals surface area contributed by atoms with Gasteiger partial charge in [-0.1, -0.05) is 36.4 Å². The van der Waals surface area contributed by atoms with E-state index in [9.17, 15) is 9.59 Å². The molecule has 2 N–H and O–H groups in total. The summed E-state index contributed by atoms with van der Waals surface area (Å²) in [7, 11) is 0. The number of rotatable bonds is 8. The van der Waals surface area contributed by atoms with Crippen LogP contribution in [0.3, 0.4) is 0 Å². The first-order chi connectivity index (χ1) is 15.7. The largest absolute Gasteiger partial charge is 0.454 e. The molecule has 32 heavy (non-hydrogen) atoms. The lowest BCUT2D eigenvalue weighted by molar-refractivity contribution is -0.139. The molecule has 1 atom stereocenters. The van der Waals surface area contributed by atoms with E-state index in [1.165, 1.54) is 5.56 Å². The second-order valence-electron chi connectivity index (χ2n) is 7.90. The van der Waals surface area contributed by atoms with Gasteiger partial charge in [0, 0.05) is 26.2 Å². The number of nitrogens with zero attached hydrogens (tertiary/aromatic N) is 1. The van der Waals surface area contributed by atoms with Crippen molar-refractivity contribution in [2.75, 3.05) is 39.6 Å². The minimum Gasteiger partial charge on any atom is -0.454 e. The summed E-state index contributed by atoms with van der Waals surface area (Å²) in [4.78, 5) is 26.4. The molecule has 0 aromatic heterocycles. The lowest BCUT2D eigenvalue weighted by Crippen LogP contribution is -2.40. The zero-order valence-corrected chi connectivity index (χ0v) is 18.0. The van der Waals surface area contributed by atoms with Gasteiger partial charge in [0.1, 0.15) is 0 Å². The Morgan fingerprint density at radius 1 is 0.969 bits per heavy atom. The van der Waals surface area contributed by atoms with E-state index < -0.39 is 11.8 Å². The van der Waals surface area contributed by atoms with Gasteiger partial charge in [-0.15, -0.1) is 0 Å². The molecule has 2 aromatic rings. The second-order valence-corrected chi connectivity index (χ2v) is 7.90. The first-order valence-electron chi connectivity index (χ1n) is 11.0. The number of morpholine rings is 1. The molecular formula is C24H29N3O5. The fraction of sp³-hybridized carbons (Fsp3) is 0.417. The molecular weight excluding hydrogens is 410 g/mol. The molecule has 1 unspecified atom stereocenters. The summed E-state index contributed by atoms with van der Waals surface area (Å²) in [5.74, 6) is 0.0878. The Bertz CT molecular complexity index is 921. The van der Waals surface area contributed by atoms with Crippen LogP contribution in [0.15, 0.2) is 48.5 Å². The summed E-state index contributed by atoms with van der Waals surface area (Å²) in [5.41, 5.74) is 2.05. The summed E-state index contributed by atoms with van der Waals surface area (Å²) in [6.07, 6.45) is 1.87. The molecule has 170 valence electrons. The average Bonchev–Trinajstić information content (AvgIpc) is 3.31. The molecule has 0 spiro atoms. The molecule has 0 radical (unpaired) electrons. The number of benzene rings is 2. The molecule has 0 aliphatic carbocycles. The molecule has 2 heterocycles. The van der Waals surface area contributed by atoms with Crippen LogP contribution >= 0.6 is 0 Å². The van der Waals surface area contributed by atoms with E-state index in [1.807, 2.05) is 24.3 Å². The number of unbranched alkanes of at least 4 members (excludes halogenated alkanes) is 1. The van der Waals surface area contributed by atoms with Gasteiger partial charge in [-0.25, -0.2) is 0 Å². The number of carbonyl (C=O) groups is 2. The van der Waals surface area contributed by atoms with Crippen molar-refractivity contribution in [2.24, 2.45) is 0 Å². The van der Waals surface area contributed by atoms with Gasteiger partial charge in [0.05, 0.1) is 12.7 Å².